The average molecular weight is 491 g/mol. The van der Waals surface area contributed by atoms with E-state index in [-0.39, 0.29) is 23.7 Å². The van der Waals surface area contributed by atoms with Crippen molar-refractivity contribution in [3.63, 3.8) is 0 Å². The standard InChI is InChI=1S/C27H28F2N6O/c1-17(18-4-8-20(28)9-5-18)32-26(36)35-13-12-34(15-27(35,2)3)25-22-14-23(33-24(22)30-16-31-25)19-6-10-21(29)11-7-19/h4-11,14,16-17H,12-13,15H2,1-3H3,(H,32,36)(H,30,31,33). The van der Waals surface area contributed by atoms with E-state index in [0.29, 0.717) is 25.3 Å². The molecule has 1 unspecified atom stereocenters. The molecular formula is C27H28F2N6O. The second kappa shape index (κ2) is 9.22. The molecule has 0 spiro atoms. The highest BCUT2D eigenvalue weighted by Gasteiger charge is 2.38. The quantitative estimate of drug-likeness (QED) is 0.408. The Labute approximate surface area is 208 Å². The molecule has 2 N–H and O–H groups in total. The predicted molar refractivity (Wildman–Crippen MR) is 136 cm³/mol. The first-order valence-corrected chi connectivity index (χ1v) is 11.9. The lowest BCUT2D eigenvalue weighted by atomic mass is 9.98. The molecule has 2 amide bonds. The van der Waals surface area contributed by atoms with Gasteiger partial charge in [-0.25, -0.2) is 23.5 Å². The van der Waals surface area contributed by atoms with Gasteiger partial charge in [0.25, 0.3) is 0 Å². The Morgan fingerprint density at radius 1 is 1.03 bits per heavy atom. The lowest BCUT2D eigenvalue weighted by molar-refractivity contribution is 0.121. The van der Waals surface area contributed by atoms with E-state index in [1.54, 1.807) is 24.3 Å². The number of amides is 2. The zero-order valence-corrected chi connectivity index (χ0v) is 20.4. The number of fused-ring (bicyclic) bond motifs is 1. The van der Waals surface area contributed by atoms with Crippen LogP contribution in [0.15, 0.2) is 60.9 Å². The van der Waals surface area contributed by atoms with Crippen molar-refractivity contribution in [3.05, 3.63) is 78.1 Å². The highest BCUT2D eigenvalue weighted by Crippen LogP contribution is 2.32. The summed E-state index contributed by atoms with van der Waals surface area (Å²) in [6.45, 7) is 7.63. The largest absolute Gasteiger partial charge is 0.352 e. The average Bonchev–Trinajstić information content (AvgIpc) is 3.28. The Bertz CT molecular complexity index is 1380. The summed E-state index contributed by atoms with van der Waals surface area (Å²) in [6.07, 6.45) is 1.53. The number of anilines is 1. The predicted octanol–water partition coefficient (Wildman–Crippen LogP) is 5.27. The molecule has 2 aromatic heterocycles. The van der Waals surface area contributed by atoms with Gasteiger partial charge in [-0.05, 0) is 74.4 Å². The first-order chi connectivity index (χ1) is 17.2. The number of hydrogen-bond acceptors (Lipinski definition) is 4. The number of nitrogens with one attached hydrogen (secondary N) is 2. The van der Waals surface area contributed by atoms with Crippen LogP contribution in [-0.4, -0.2) is 51.1 Å². The summed E-state index contributed by atoms with van der Waals surface area (Å²) in [5.74, 6) is 0.199. The van der Waals surface area contributed by atoms with E-state index in [1.807, 2.05) is 31.7 Å². The van der Waals surface area contributed by atoms with Gasteiger partial charge in [0.05, 0.1) is 17.0 Å². The fraction of sp³-hybridized carbons (Fsp3) is 0.296. The van der Waals surface area contributed by atoms with Crippen LogP contribution in [0.3, 0.4) is 0 Å². The van der Waals surface area contributed by atoms with Gasteiger partial charge in [-0.2, -0.15) is 0 Å². The molecule has 4 aromatic rings. The van der Waals surface area contributed by atoms with Gasteiger partial charge in [0.1, 0.15) is 29.4 Å². The van der Waals surface area contributed by atoms with Gasteiger partial charge in [-0.15, -0.1) is 0 Å². The van der Waals surface area contributed by atoms with Crippen LogP contribution in [0.25, 0.3) is 22.3 Å². The molecule has 7 nitrogen and oxygen atoms in total. The van der Waals surface area contributed by atoms with Crippen molar-refractivity contribution in [1.82, 2.24) is 25.2 Å². The van der Waals surface area contributed by atoms with E-state index in [4.69, 9.17) is 0 Å². The second-order valence-corrected chi connectivity index (χ2v) is 9.76. The minimum absolute atomic E-state index is 0.162. The molecule has 1 aliphatic heterocycles. The number of urea groups is 1. The third-order valence-corrected chi connectivity index (χ3v) is 6.72. The molecule has 36 heavy (non-hydrogen) atoms. The number of aromatic amines is 1. The Morgan fingerprint density at radius 2 is 1.69 bits per heavy atom. The number of carbonyl (C=O) groups is 1. The first kappa shape index (κ1) is 23.7. The van der Waals surface area contributed by atoms with E-state index in [0.717, 1.165) is 28.0 Å². The molecule has 2 aromatic carbocycles. The van der Waals surface area contributed by atoms with Crippen molar-refractivity contribution in [2.24, 2.45) is 0 Å². The molecule has 1 atom stereocenters. The summed E-state index contributed by atoms with van der Waals surface area (Å²) < 4.78 is 26.6. The maximum absolute atomic E-state index is 13.4. The number of halogens is 2. The summed E-state index contributed by atoms with van der Waals surface area (Å²) in [5.41, 5.74) is 2.76. The molecule has 186 valence electrons. The number of rotatable bonds is 4. The van der Waals surface area contributed by atoms with Crippen LogP contribution in [0.1, 0.15) is 32.4 Å². The molecule has 3 heterocycles. The van der Waals surface area contributed by atoms with Crippen LogP contribution in [0.4, 0.5) is 19.4 Å². The number of benzene rings is 2. The summed E-state index contributed by atoms with van der Waals surface area (Å²) in [6, 6.07) is 14.0. The SMILES string of the molecule is CC(NC(=O)N1CCN(c2ncnc3[nH]c(-c4ccc(F)cc4)cc23)CC1(C)C)c1ccc(F)cc1. The molecule has 0 aliphatic carbocycles. The minimum Gasteiger partial charge on any atom is -0.352 e. The number of hydrogen-bond donors (Lipinski definition) is 2. The maximum atomic E-state index is 13.4. The first-order valence-electron chi connectivity index (χ1n) is 11.9. The van der Waals surface area contributed by atoms with Gasteiger partial charge in [0, 0.05) is 25.3 Å². The van der Waals surface area contributed by atoms with Crippen molar-refractivity contribution in [3.8, 4) is 11.3 Å². The number of carbonyl (C=O) groups excluding carboxylic acids is 1. The van der Waals surface area contributed by atoms with E-state index in [9.17, 15) is 13.6 Å². The number of aromatic nitrogens is 3. The van der Waals surface area contributed by atoms with Crippen LogP contribution in [0, 0.1) is 11.6 Å². The summed E-state index contributed by atoms with van der Waals surface area (Å²) >= 11 is 0. The summed E-state index contributed by atoms with van der Waals surface area (Å²) in [4.78, 5) is 29.4. The number of H-pyrrole nitrogens is 1. The molecular weight excluding hydrogens is 462 g/mol. The Balaban J connectivity index is 1.33. The zero-order chi connectivity index (χ0) is 25.4. The maximum Gasteiger partial charge on any atom is 0.318 e. The highest BCUT2D eigenvalue weighted by atomic mass is 19.1. The van der Waals surface area contributed by atoms with E-state index < -0.39 is 5.54 Å². The molecule has 0 bridgehead atoms. The normalized spacial score (nSPS) is 16.2. The molecule has 1 aliphatic rings. The molecule has 0 saturated carbocycles. The zero-order valence-electron chi connectivity index (χ0n) is 20.4. The smallest absolute Gasteiger partial charge is 0.318 e. The minimum atomic E-state index is -0.474. The highest BCUT2D eigenvalue weighted by molar-refractivity contribution is 5.92. The van der Waals surface area contributed by atoms with Crippen molar-refractivity contribution in [2.45, 2.75) is 32.4 Å². The second-order valence-electron chi connectivity index (χ2n) is 9.76. The Hall–Kier alpha value is -4.01. The van der Waals surface area contributed by atoms with E-state index in [1.165, 1.54) is 30.6 Å². The van der Waals surface area contributed by atoms with Gasteiger partial charge in [0.15, 0.2) is 0 Å². The van der Waals surface area contributed by atoms with Crippen molar-refractivity contribution < 1.29 is 13.6 Å². The van der Waals surface area contributed by atoms with Crippen molar-refractivity contribution in [2.75, 3.05) is 24.5 Å². The van der Waals surface area contributed by atoms with Crippen LogP contribution < -0.4 is 10.2 Å². The van der Waals surface area contributed by atoms with E-state index >= 15 is 0 Å². The van der Waals surface area contributed by atoms with Crippen molar-refractivity contribution >= 4 is 22.9 Å². The van der Waals surface area contributed by atoms with Crippen LogP contribution in [0.2, 0.25) is 0 Å². The summed E-state index contributed by atoms with van der Waals surface area (Å²) in [5, 5.41) is 3.91. The molecule has 5 rings (SSSR count). The van der Waals surface area contributed by atoms with Gasteiger partial charge < -0.3 is 20.1 Å². The van der Waals surface area contributed by atoms with Crippen molar-refractivity contribution in [1.29, 1.82) is 0 Å². The van der Waals surface area contributed by atoms with Crippen LogP contribution >= 0.6 is 0 Å². The Morgan fingerprint density at radius 3 is 2.36 bits per heavy atom. The van der Waals surface area contributed by atoms with Gasteiger partial charge >= 0.3 is 6.03 Å². The lowest BCUT2D eigenvalue weighted by Crippen LogP contribution is -2.63. The third-order valence-electron chi connectivity index (χ3n) is 6.72. The lowest BCUT2D eigenvalue weighted by Gasteiger charge is -2.47. The number of nitrogens with zero attached hydrogens (tertiary/aromatic N) is 4. The number of piperazine rings is 1. The van der Waals surface area contributed by atoms with Gasteiger partial charge in [0.2, 0.25) is 0 Å². The van der Waals surface area contributed by atoms with Gasteiger partial charge in [-0.1, -0.05) is 12.1 Å². The van der Waals surface area contributed by atoms with Gasteiger partial charge in [-0.3, -0.25) is 0 Å². The Kier molecular flexibility index (Phi) is 6.07. The fourth-order valence-corrected chi connectivity index (χ4v) is 4.77. The molecule has 9 heteroatoms. The molecule has 1 fully saturated rings. The third kappa shape index (κ3) is 4.60. The van der Waals surface area contributed by atoms with Crippen LogP contribution in [-0.2, 0) is 0 Å². The molecule has 1 saturated heterocycles. The topological polar surface area (TPSA) is 77.2 Å². The monoisotopic (exact) mass is 490 g/mol. The van der Waals surface area contributed by atoms with Crippen LogP contribution in [0.5, 0.6) is 0 Å². The molecule has 0 radical (unpaired) electrons. The van der Waals surface area contributed by atoms with E-state index in [2.05, 4.69) is 25.2 Å². The summed E-state index contributed by atoms with van der Waals surface area (Å²) in [7, 11) is 0. The fourth-order valence-electron chi connectivity index (χ4n) is 4.77.